The molecule has 9 nitrogen and oxygen atoms in total. The fraction of sp³-hybridized carbons (Fsp3) is 0.524. The van der Waals surface area contributed by atoms with Crippen LogP contribution in [0.25, 0.3) is 0 Å². The second-order valence-corrected chi connectivity index (χ2v) is 10.6. The number of anilines is 3. The van der Waals surface area contributed by atoms with Gasteiger partial charge in [-0.25, -0.2) is 13.4 Å². The lowest BCUT2D eigenvalue weighted by Gasteiger charge is -2.46. The van der Waals surface area contributed by atoms with Crippen LogP contribution in [0.5, 0.6) is 11.5 Å². The van der Waals surface area contributed by atoms with Crippen LogP contribution in [0.1, 0.15) is 39.5 Å². The van der Waals surface area contributed by atoms with Crippen LogP contribution in [0, 0.1) is 0 Å². The first kappa shape index (κ1) is 21.6. The first-order valence-electron chi connectivity index (χ1n) is 10.3. The maximum atomic E-state index is 11.8. The summed E-state index contributed by atoms with van der Waals surface area (Å²) in [6, 6.07) is 4.75. The smallest absolute Gasteiger partial charge is 0.229 e. The van der Waals surface area contributed by atoms with Crippen LogP contribution in [0.2, 0.25) is 0 Å². The number of methoxy groups -OCH3 is 1. The van der Waals surface area contributed by atoms with Crippen LogP contribution in [0.15, 0.2) is 29.3 Å². The summed E-state index contributed by atoms with van der Waals surface area (Å²) in [7, 11) is -1.89. The molecule has 4 rings (SSSR count). The number of nitrogens with zero attached hydrogens (tertiary/aromatic N) is 3. The number of ether oxygens (including phenoxy) is 2. The van der Waals surface area contributed by atoms with Gasteiger partial charge in [0.25, 0.3) is 0 Å². The van der Waals surface area contributed by atoms with Gasteiger partial charge >= 0.3 is 0 Å². The second kappa shape index (κ2) is 7.83. The summed E-state index contributed by atoms with van der Waals surface area (Å²) in [5, 5.41) is 14.1. The van der Waals surface area contributed by atoms with Crippen molar-refractivity contribution in [2.45, 2.75) is 62.3 Å². The van der Waals surface area contributed by atoms with E-state index in [2.05, 4.69) is 15.3 Å². The van der Waals surface area contributed by atoms with Crippen LogP contribution in [-0.2, 0) is 9.84 Å². The van der Waals surface area contributed by atoms with Gasteiger partial charge in [0.05, 0.1) is 23.9 Å². The van der Waals surface area contributed by atoms with Gasteiger partial charge in [0.15, 0.2) is 27.6 Å². The predicted molar refractivity (Wildman–Crippen MR) is 117 cm³/mol. The zero-order valence-corrected chi connectivity index (χ0v) is 18.9. The maximum absolute atomic E-state index is 11.8. The molecule has 0 saturated heterocycles. The average Bonchev–Trinajstić information content (AvgIpc) is 3.23. The van der Waals surface area contributed by atoms with E-state index < -0.39 is 21.7 Å². The second-order valence-electron chi connectivity index (χ2n) is 8.57. The minimum absolute atomic E-state index is 0.160. The van der Waals surface area contributed by atoms with Crippen molar-refractivity contribution < 1.29 is 23.0 Å². The van der Waals surface area contributed by atoms with Crippen molar-refractivity contribution in [3.63, 3.8) is 0 Å². The van der Waals surface area contributed by atoms with E-state index >= 15 is 0 Å². The molecule has 0 amide bonds. The number of hydrogen-bond acceptors (Lipinski definition) is 9. The van der Waals surface area contributed by atoms with E-state index in [0.29, 0.717) is 29.0 Å². The molecule has 0 bridgehead atoms. The summed E-state index contributed by atoms with van der Waals surface area (Å²) in [5.74, 6) is 1.71. The van der Waals surface area contributed by atoms with Crippen LogP contribution in [0.3, 0.4) is 0 Å². The van der Waals surface area contributed by atoms with Gasteiger partial charge < -0.3 is 24.8 Å². The van der Waals surface area contributed by atoms with Crippen LogP contribution < -0.4 is 19.7 Å². The van der Waals surface area contributed by atoms with E-state index in [1.165, 1.54) is 19.2 Å². The lowest BCUT2D eigenvalue weighted by Crippen LogP contribution is -2.59. The molecular formula is C21H28N4O5S. The van der Waals surface area contributed by atoms with Crippen molar-refractivity contribution in [1.82, 2.24) is 9.97 Å². The number of fused-ring (bicyclic) bond motifs is 1. The zero-order chi connectivity index (χ0) is 22.4. The average molecular weight is 449 g/mol. The van der Waals surface area contributed by atoms with Gasteiger partial charge in [-0.2, -0.15) is 4.98 Å². The third kappa shape index (κ3) is 4.14. The Balaban J connectivity index is 1.70. The number of aromatic nitrogens is 2. The predicted octanol–water partition coefficient (Wildman–Crippen LogP) is 2.87. The summed E-state index contributed by atoms with van der Waals surface area (Å²) in [5.41, 5.74) is -0.265. The van der Waals surface area contributed by atoms with E-state index in [1.54, 1.807) is 12.3 Å². The molecule has 1 unspecified atom stereocenters. The highest BCUT2D eigenvalue weighted by Crippen LogP contribution is 2.42. The Labute approximate surface area is 182 Å². The lowest BCUT2D eigenvalue weighted by atomic mass is 10.0. The molecule has 2 heterocycles. The highest BCUT2D eigenvalue weighted by atomic mass is 32.2. The highest BCUT2D eigenvalue weighted by molar-refractivity contribution is 7.90. The molecule has 1 atom stereocenters. The Kier molecular flexibility index (Phi) is 5.47. The quantitative estimate of drug-likeness (QED) is 0.712. The van der Waals surface area contributed by atoms with Crippen molar-refractivity contribution in [1.29, 1.82) is 0 Å². The Bertz CT molecular complexity index is 1080. The molecule has 1 saturated carbocycles. The van der Waals surface area contributed by atoms with Crippen molar-refractivity contribution in [2.24, 2.45) is 0 Å². The minimum atomic E-state index is -3.36. The normalized spacial score (nSPS) is 20.8. The van der Waals surface area contributed by atoms with Crippen LogP contribution >= 0.6 is 0 Å². The monoisotopic (exact) mass is 448 g/mol. The number of nitrogens with one attached hydrogen (secondary N) is 1. The van der Waals surface area contributed by atoms with Crippen LogP contribution in [-0.4, -0.2) is 54.7 Å². The molecule has 1 aromatic carbocycles. The highest BCUT2D eigenvalue weighted by Gasteiger charge is 2.45. The summed E-state index contributed by atoms with van der Waals surface area (Å²) in [6.07, 6.45) is 6.10. The minimum Gasteiger partial charge on any atom is -0.495 e. The third-order valence-electron chi connectivity index (χ3n) is 5.80. The van der Waals surface area contributed by atoms with Gasteiger partial charge in [0, 0.05) is 18.4 Å². The van der Waals surface area contributed by atoms with Gasteiger partial charge in [0.1, 0.15) is 11.4 Å². The van der Waals surface area contributed by atoms with Crippen molar-refractivity contribution >= 4 is 27.3 Å². The molecule has 31 heavy (non-hydrogen) atoms. The topological polar surface area (TPSA) is 114 Å². The van der Waals surface area contributed by atoms with E-state index in [1.807, 2.05) is 18.7 Å². The van der Waals surface area contributed by atoms with Gasteiger partial charge in [-0.3, -0.25) is 0 Å². The molecule has 2 N–H and O–H groups in total. The number of aliphatic hydroxyl groups is 1. The number of rotatable bonds is 5. The third-order valence-corrected chi connectivity index (χ3v) is 6.92. The van der Waals surface area contributed by atoms with Crippen molar-refractivity contribution in [2.75, 3.05) is 23.6 Å². The molecule has 0 spiro atoms. The van der Waals surface area contributed by atoms with E-state index in [-0.39, 0.29) is 10.9 Å². The van der Waals surface area contributed by atoms with Crippen molar-refractivity contribution in [3.8, 4) is 11.5 Å². The summed E-state index contributed by atoms with van der Waals surface area (Å²) in [6.45, 7) is 3.70. The fourth-order valence-corrected chi connectivity index (χ4v) is 4.78. The molecule has 1 aliphatic heterocycles. The first-order chi connectivity index (χ1) is 14.6. The molecule has 168 valence electrons. The molecule has 2 aliphatic rings. The summed E-state index contributed by atoms with van der Waals surface area (Å²) in [4.78, 5) is 11.1. The molecule has 0 radical (unpaired) electrons. The number of hydrogen-bond donors (Lipinski definition) is 2. The molecule has 1 fully saturated rings. The Hall–Kier alpha value is -2.59. The Morgan fingerprint density at radius 1 is 1.29 bits per heavy atom. The Morgan fingerprint density at radius 3 is 2.65 bits per heavy atom. The SMILES string of the molecule is COc1cc(S(C)(=O)=O)ccc1Nc1ncc2c(n1)N(C1CCCC1)C(O)C(C)(C)O2. The molecule has 1 aliphatic carbocycles. The van der Waals surface area contributed by atoms with Gasteiger partial charge in [0.2, 0.25) is 5.95 Å². The van der Waals surface area contributed by atoms with E-state index in [9.17, 15) is 13.5 Å². The van der Waals surface area contributed by atoms with Gasteiger partial charge in [-0.15, -0.1) is 0 Å². The molecule has 10 heteroatoms. The fourth-order valence-electron chi connectivity index (χ4n) is 4.15. The maximum Gasteiger partial charge on any atom is 0.229 e. The largest absolute Gasteiger partial charge is 0.495 e. The molecule has 2 aromatic rings. The van der Waals surface area contributed by atoms with Crippen molar-refractivity contribution in [3.05, 3.63) is 24.4 Å². The summed E-state index contributed by atoms with van der Waals surface area (Å²) < 4.78 is 35.0. The van der Waals surface area contributed by atoms with Gasteiger partial charge in [-0.1, -0.05) is 12.8 Å². The van der Waals surface area contributed by atoms with Crippen LogP contribution in [0.4, 0.5) is 17.5 Å². The number of aliphatic hydroxyl groups excluding tert-OH is 1. The summed E-state index contributed by atoms with van der Waals surface area (Å²) >= 11 is 0. The number of sulfone groups is 1. The molecular weight excluding hydrogens is 420 g/mol. The van der Waals surface area contributed by atoms with E-state index in [0.717, 1.165) is 31.9 Å². The number of benzene rings is 1. The van der Waals surface area contributed by atoms with E-state index in [4.69, 9.17) is 9.47 Å². The lowest BCUT2D eigenvalue weighted by molar-refractivity contribution is -0.0459. The zero-order valence-electron chi connectivity index (χ0n) is 18.1. The van der Waals surface area contributed by atoms with Gasteiger partial charge in [-0.05, 0) is 38.8 Å². The standard InChI is InChI=1S/C21H28N4O5S/c1-21(2)19(26)25(13-7-5-6-8-13)18-17(30-21)12-22-20(24-18)23-15-10-9-14(31(4,27)28)11-16(15)29-3/h9-13,19,26H,5-8H2,1-4H3,(H,22,23,24). The molecule has 1 aromatic heterocycles. The first-order valence-corrected chi connectivity index (χ1v) is 12.2. The Morgan fingerprint density at radius 2 is 2.00 bits per heavy atom.